The van der Waals surface area contributed by atoms with E-state index in [1.807, 2.05) is 0 Å². The van der Waals surface area contributed by atoms with Crippen LogP contribution in [0.25, 0.3) is 0 Å². The van der Waals surface area contributed by atoms with Gasteiger partial charge in [0.1, 0.15) is 0 Å². The second kappa shape index (κ2) is 2.13. The van der Waals surface area contributed by atoms with Crippen molar-refractivity contribution in [2.75, 3.05) is 13.2 Å². The lowest BCUT2D eigenvalue weighted by molar-refractivity contribution is -0.158. The minimum absolute atomic E-state index is 0.0417. The van der Waals surface area contributed by atoms with Crippen LogP contribution in [0.2, 0.25) is 0 Å². The van der Waals surface area contributed by atoms with Crippen LogP contribution in [0, 0.1) is 6.92 Å². The molecule has 0 aromatic heterocycles. The highest BCUT2D eigenvalue weighted by Gasteiger charge is 2.18. The van der Waals surface area contributed by atoms with Gasteiger partial charge in [0.05, 0.1) is 13.0 Å². The van der Waals surface area contributed by atoms with E-state index in [9.17, 15) is 4.79 Å². The first-order valence-electron chi connectivity index (χ1n) is 2.57. The fourth-order valence-corrected chi connectivity index (χ4v) is 0.629. The highest BCUT2D eigenvalue weighted by Crippen LogP contribution is 2.03. The van der Waals surface area contributed by atoms with Gasteiger partial charge in [-0.15, -0.1) is 0 Å². The van der Waals surface area contributed by atoms with Crippen LogP contribution < -0.4 is 0 Å². The molecule has 1 aliphatic heterocycles. The van der Waals surface area contributed by atoms with Crippen LogP contribution in [0.5, 0.6) is 0 Å². The van der Waals surface area contributed by atoms with Crippen LogP contribution in [0.1, 0.15) is 6.42 Å². The molecule has 1 saturated heterocycles. The second-order valence-electron chi connectivity index (χ2n) is 1.58. The first-order chi connectivity index (χ1) is 3.84. The van der Waals surface area contributed by atoms with Gasteiger partial charge in [0, 0.05) is 6.54 Å². The zero-order chi connectivity index (χ0) is 5.98. The Morgan fingerprint density at radius 3 is 2.88 bits per heavy atom. The van der Waals surface area contributed by atoms with Crippen molar-refractivity contribution >= 4 is 5.91 Å². The van der Waals surface area contributed by atoms with Crippen LogP contribution in [0.4, 0.5) is 0 Å². The smallest absolute Gasteiger partial charge is 0.248 e. The number of rotatable bonds is 1. The summed E-state index contributed by atoms with van der Waals surface area (Å²) in [6, 6.07) is 0. The molecule has 0 atom stereocenters. The molecular weight excluding hydrogens is 106 g/mol. The molecule has 0 aromatic carbocycles. The molecule has 0 unspecified atom stereocenters. The van der Waals surface area contributed by atoms with Gasteiger partial charge in [0.25, 0.3) is 0 Å². The van der Waals surface area contributed by atoms with E-state index in [4.69, 9.17) is 4.84 Å². The summed E-state index contributed by atoms with van der Waals surface area (Å²) in [6.45, 7) is 4.44. The van der Waals surface area contributed by atoms with Gasteiger partial charge in [0.2, 0.25) is 5.91 Å². The molecule has 45 valence electrons. The van der Waals surface area contributed by atoms with Crippen LogP contribution in [0.3, 0.4) is 0 Å². The fourth-order valence-electron chi connectivity index (χ4n) is 0.629. The van der Waals surface area contributed by atoms with Gasteiger partial charge in [-0.1, -0.05) is 0 Å². The molecule has 1 heterocycles. The summed E-state index contributed by atoms with van der Waals surface area (Å²) in [7, 11) is 0. The van der Waals surface area contributed by atoms with Crippen molar-refractivity contribution in [3.63, 3.8) is 0 Å². The lowest BCUT2D eigenvalue weighted by Crippen LogP contribution is -2.22. The summed E-state index contributed by atoms with van der Waals surface area (Å²) in [5.74, 6) is 0.0417. The zero-order valence-corrected chi connectivity index (χ0v) is 4.59. The maximum absolute atomic E-state index is 10.6. The van der Waals surface area contributed by atoms with E-state index in [0.717, 1.165) is 0 Å². The van der Waals surface area contributed by atoms with E-state index in [-0.39, 0.29) is 5.91 Å². The number of carbonyl (C=O) groups is 1. The predicted octanol–water partition coefficient (Wildman–Crippen LogP) is -0.0156. The number of carbonyl (C=O) groups excluding carboxylic acids is 1. The number of nitrogens with zero attached hydrogens (tertiary/aromatic N) is 1. The molecule has 3 nitrogen and oxygen atoms in total. The van der Waals surface area contributed by atoms with Crippen molar-refractivity contribution in [2.45, 2.75) is 6.42 Å². The summed E-state index contributed by atoms with van der Waals surface area (Å²) < 4.78 is 0. The average molecular weight is 114 g/mol. The van der Waals surface area contributed by atoms with E-state index in [1.165, 1.54) is 5.06 Å². The molecule has 3 heteroatoms. The molecule has 1 radical (unpaired) electrons. The molecule has 1 aliphatic rings. The van der Waals surface area contributed by atoms with Crippen LogP contribution in [-0.4, -0.2) is 24.1 Å². The molecular formula is C5H8NO2. The standard InChI is InChI=1S/C5H8NO2/c1-2-6-5(7)3-4-8-6/h1-4H2. The van der Waals surface area contributed by atoms with Gasteiger partial charge in [0.15, 0.2) is 0 Å². The van der Waals surface area contributed by atoms with E-state index in [0.29, 0.717) is 19.6 Å². The normalized spacial score (nSPS) is 20.1. The molecule has 0 N–H and O–H groups in total. The Labute approximate surface area is 48.2 Å². The van der Waals surface area contributed by atoms with Crippen molar-refractivity contribution in [1.82, 2.24) is 5.06 Å². The summed E-state index contributed by atoms with van der Waals surface area (Å²) >= 11 is 0. The van der Waals surface area contributed by atoms with Crippen molar-refractivity contribution in [2.24, 2.45) is 0 Å². The van der Waals surface area contributed by atoms with Crippen molar-refractivity contribution in [3.8, 4) is 0 Å². The summed E-state index contributed by atoms with van der Waals surface area (Å²) in [6.07, 6.45) is 0.509. The van der Waals surface area contributed by atoms with Gasteiger partial charge < -0.3 is 0 Å². The molecule has 1 amide bonds. The van der Waals surface area contributed by atoms with Crippen LogP contribution >= 0.6 is 0 Å². The SMILES string of the molecule is [CH2]CN1OCCC1=O. The number of hydrogen-bond acceptors (Lipinski definition) is 2. The Morgan fingerprint density at radius 2 is 2.62 bits per heavy atom. The van der Waals surface area contributed by atoms with E-state index < -0.39 is 0 Å². The number of hydroxylamine groups is 2. The Balaban J connectivity index is 2.42. The van der Waals surface area contributed by atoms with Crippen LogP contribution in [-0.2, 0) is 9.63 Å². The molecule has 0 aliphatic carbocycles. The van der Waals surface area contributed by atoms with Gasteiger partial charge in [-0.3, -0.25) is 9.63 Å². The third-order valence-corrected chi connectivity index (χ3v) is 1.04. The Kier molecular flexibility index (Phi) is 1.48. The molecule has 8 heavy (non-hydrogen) atoms. The maximum Gasteiger partial charge on any atom is 0.248 e. The average Bonchev–Trinajstić information content (AvgIpc) is 2.14. The predicted molar refractivity (Wildman–Crippen MR) is 27.6 cm³/mol. The first kappa shape index (κ1) is 5.56. The lowest BCUT2D eigenvalue weighted by atomic mass is 10.4. The second-order valence-corrected chi connectivity index (χ2v) is 1.58. The van der Waals surface area contributed by atoms with Crippen molar-refractivity contribution in [1.29, 1.82) is 0 Å². The van der Waals surface area contributed by atoms with E-state index in [1.54, 1.807) is 0 Å². The molecule has 0 saturated carbocycles. The topological polar surface area (TPSA) is 29.5 Å². The molecule has 1 fully saturated rings. The Hall–Kier alpha value is -0.570. The molecule has 0 spiro atoms. The van der Waals surface area contributed by atoms with E-state index >= 15 is 0 Å². The highest BCUT2D eigenvalue weighted by molar-refractivity contribution is 5.76. The molecule has 1 rings (SSSR count). The summed E-state index contributed by atoms with van der Waals surface area (Å²) in [4.78, 5) is 15.4. The Morgan fingerprint density at radius 1 is 1.88 bits per heavy atom. The van der Waals surface area contributed by atoms with Gasteiger partial charge >= 0.3 is 0 Å². The van der Waals surface area contributed by atoms with Crippen molar-refractivity contribution in [3.05, 3.63) is 6.92 Å². The third-order valence-electron chi connectivity index (χ3n) is 1.04. The number of hydrogen-bond donors (Lipinski definition) is 0. The van der Waals surface area contributed by atoms with Crippen LogP contribution in [0.15, 0.2) is 0 Å². The number of amides is 1. The largest absolute Gasteiger partial charge is 0.272 e. The highest BCUT2D eigenvalue weighted by atomic mass is 16.7. The quantitative estimate of drug-likeness (QED) is 0.479. The van der Waals surface area contributed by atoms with E-state index in [2.05, 4.69) is 6.92 Å². The van der Waals surface area contributed by atoms with Gasteiger partial charge in [-0.25, -0.2) is 5.06 Å². The van der Waals surface area contributed by atoms with Gasteiger partial charge in [-0.05, 0) is 6.92 Å². The summed E-state index contributed by atoms with van der Waals surface area (Å²) in [5, 5.41) is 1.28. The van der Waals surface area contributed by atoms with Gasteiger partial charge in [-0.2, -0.15) is 0 Å². The minimum atomic E-state index is 0.0417. The monoisotopic (exact) mass is 114 g/mol. The lowest BCUT2D eigenvalue weighted by Gasteiger charge is -2.08. The fraction of sp³-hybridized carbons (Fsp3) is 0.600. The minimum Gasteiger partial charge on any atom is -0.272 e. The van der Waals surface area contributed by atoms with Crippen molar-refractivity contribution < 1.29 is 9.63 Å². The first-order valence-corrected chi connectivity index (χ1v) is 2.57. The Bertz CT molecular complexity index is 103. The summed E-state index contributed by atoms with van der Waals surface area (Å²) in [5.41, 5.74) is 0. The maximum atomic E-state index is 10.6. The molecule has 0 bridgehead atoms. The molecule has 0 aromatic rings. The zero-order valence-electron chi connectivity index (χ0n) is 4.59. The third kappa shape index (κ3) is 0.816.